The Bertz CT molecular complexity index is 1420. The van der Waals surface area contributed by atoms with Crippen molar-refractivity contribution in [2.75, 3.05) is 32.6 Å². The number of fused-ring (bicyclic) bond motifs is 1. The number of ether oxygens (including phenoxy) is 1. The first kappa shape index (κ1) is 25.9. The van der Waals surface area contributed by atoms with E-state index >= 15 is 4.39 Å². The van der Waals surface area contributed by atoms with Crippen LogP contribution < -0.4 is 11.0 Å². The second-order valence-corrected chi connectivity index (χ2v) is 11.0. The fourth-order valence-corrected chi connectivity index (χ4v) is 5.21. The Morgan fingerprint density at radius 3 is 2.56 bits per heavy atom. The number of hydroxylamine groups is 1. The normalized spacial score (nSPS) is 15.6. The first-order valence-corrected chi connectivity index (χ1v) is 13.3. The number of rotatable bonds is 8. The molecular formula is C24H27FN4O6S. The Labute approximate surface area is 207 Å². The van der Waals surface area contributed by atoms with Gasteiger partial charge in [-0.25, -0.2) is 23.3 Å². The molecule has 1 aliphatic rings. The lowest BCUT2D eigenvalue weighted by Gasteiger charge is -2.26. The fraction of sp³-hybridized carbons (Fsp3) is 0.375. The van der Waals surface area contributed by atoms with Gasteiger partial charge in [0, 0.05) is 38.0 Å². The molecule has 1 aliphatic heterocycles. The van der Waals surface area contributed by atoms with E-state index in [4.69, 9.17) is 9.94 Å². The van der Waals surface area contributed by atoms with Crippen LogP contribution in [-0.2, 0) is 32.5 Å². The second-order valence-electron chi connectivity index (χ2n) is 8.76. The molecule has 1 aromatic heterocycles. The van der Waals surface area contributed by atoms with Crippen molar-refractivity contribution < 1.29 is 27.5 Å². The van der Waals surface area contributed by atoms with Crippen LogP contribution in [0, 0.1) is 5.82 Å². The van der Waals surface area contributed by atoms with Gasteiger partial charge in [-0.05, 0) is 29.7 Å². The van der Waals surface area contributed by atoms with E-state index in [1.807, 2.05) is 24.3 Å². The SMILES string of the molecule is CS(=O)(=O)[C@H](CCn1cnc2cc(-c3ccc(CN4CCOCC4)cc3)c(F)cc2c1=O)C(=O)NO. The van der Waals surface area contributed by atoms with E-state index < -0.39 is 32.4 Å². The Balaban J connectivity index is 1.56. The van der Waals surface area contributed by atoms with Crippen LogP contribution in [0.2, 0.25) is 0 Å². The first-order chi connectivity index (χ1) is 17.2. The molecule has 2 heterocycles. The van der Waals surface area contributed by atoms with E-state index in [9.17, 15) is 18.0 Å². The van der Waals surface area contributed by atoms with Gasteiger partial charge in [0.2, 0.25) is 0 Å². The lowest BCUT2D eigenvalue weighted by atomic mass is 10.0. The minimum Gasteiger partial charge on any atom is -0.379 e. The third-order valence-corrected chi connectivity index (χ3v) is 7.72. The number of carbonyl (C=O) groups excluding carboxylic acids is 1. The molecule has 0 radical (unpaired) electrons. The molecule has 0 spiro atoms. The number of nitrogens with one attached hydrogen (secondary N) is 1. The third kappa shape index (κ3) is 5.78. The van der Waals surface area contributed by atoms with Crippen molar-refractivity contribution in [1.29, 1.82) is 0 Å². The molecule has 1 fully saturated rings. The van der Waals surface area contributed by atoms with Crippen LogP contribution in [-0.4, -0.2) is 71.8 Å². The summed E-state index contributed by atoms with van der Waals surface area (Å²) in [6.07, 6.45) is 1.82. The molecule has 3 aromatic rings. The van der Waals surface area contributed by atoms with Gasteiger partial charge >= 0.3 is 0 Å². The van der Waals surface area contributed by atoms with Crippen LogP contribution in [0.1, 0.15) is 12.0 Å². The summed E-state index contributed by atoms with van der Waals surface area (Å²) in [5.41, 5.74) is 3.11. The molecule has 4 rings (SSSR count). The highest BCUT2D eigenvalue weighted by molar-refractivity contribution is 7.92. The number of hydrogen-bond donors (Lipinski definition) is 2. The predicted molar refractivity (Wildman–Crippen MR) is 131 cm³/mol. The largest absolute Gasteiger partial charge is 0.379 e. The number of benzene rings is 2. The molecule has 1 atom stereocenters. The number of amides is 1. The maximum atomic E-state index is 15.1. The summed E-state index contributed by atoms with van der Waals surface area (Å²) >= 11 is 0. The van der Waals surface area contributed by atoms with E-state index in [1.165, 1.54) is 17.9 Å². The zero-order chi connectivity index (χ0) is 25.9. The van der Waals surface area contributed by atoms with Gasteiger partial charge < -0.3 is 4.74 Å². The molecule has 12 heteroatoms. The summed E-state index contributed by atoms with van der Waals surface area (Å²) in [5.74, 6) is -1.68. The van der Waals surface area contributed by atoms with Crippen molar-refractivity contribution in [3.63, 3.8) is 0 Å². The van der Waals surface area contributed by atoms with Crippen LogP contribution in [0.4, 0.5) is 4.39 Å². The Morgan fingerprint density at radius 2 is 1.92 bits per heavy atom. The fourth-order valence-electron chi connectivity index (χ4n) is 4.23. The van der Waals surface area contributed by atoms with Gasteiger partial charge in [0.05, 0.1) is 30.4 Å². The molecule has 10 nitrogen and oxygen atoms in total. The van der Waals surface area contributed by atoms with Gasteiger partial charge in [-0.15, -0.1) is 0 Å². The van der Waals surface area contributed by atoms with Crippen LogP contribution in [0.25, 0.3) is 22.0 Å². The lowest BCUT2D eigenvalue weighted by molar-refractivity contribution is -0.128. The number of nitrogens with zero attached hydrogens (tertiary/aromatic N) is 3. The summed E-state index contributed by atoms with van der Waals surface area (Å²) in [6.45, 7) is 3.78. The maximum Gasteiger partial charge on any atom is 0.261 e. The van der Waals surface area contributed by atoms with Gasteiger partial charge in [-0.1, -0.05) is 24.3 Å². The number of halogens is 1. The molecule has 0 unspecified atom stereocenters. The van der Waals surface area contributed by atoms with Crippen molar-refractivity contribution in [3.8, 4) is 11.1 Å². The number of sulfone groups is 1. The molecule has 1 saturated heterocycles. The average Bonchev–Trinajstić information content (AvgIpc) is 2.86. The minimum absolute atomic E-state index is 0.0326. The average molecular weight is 519 g/mol. The van der Waals surface area contributed by atoms with Gasteiger partial charge in [0.15, 0.2) is 9.84 Å². The highest BCUT2D eigenvalue weighted by Gasteiger charge is 2.28. The summed E-state index contributed by atoms with van der Waals surface area (Å²) in [5, 5.41) is 7.29. The van der Waals surface area contributed by atoms with Crippen molar-refractivity contribution in [2.24, 2.45) is 0 Å². The monoisotopic (exact) mass is 518 g/mol. The maximum absolute atomic E-state index is 15.1. The molecule has 1 amide bonds. The number of morpholine rings is 1. The molecular weight excluding hydrogens is 491 g/mol. The van der Waals surface area contributed by atoms with Crippen molar-refractivity contribution >= 4 is 26.6 Å². The van der Waals surface area contributed by atoms with Crippen LogP contribution in [0.15, 0.2) is 47.5 Å². The van der Waals surface area contributed by atoms with E-state index in [0.717, 1.165) is 42.1 Å². The highest BCUT2D eigenvalue weighted by Crippen LogP contribution is 2.26. The topological polar surface area (TPSA) is 131 Å². The number of hydrogen-bond acceptors (Lipinski definition) is 8. The summed E-state index contributed by atoms with van der Waals surface area (Å²) in [4.78, 5) is 31.2. The van der Waals surface area contributed by atoms with E-state index in [2.05, 4.69) is 9.88 Å². The minimum atomic E-state index is -3.83. The van der Waals surface area contributed by atoms with Crippen molar-refractivity contribution in [1.82, 2.24) is 19.9 Å². The van der Waals surface area contributed by atoms with Gasteiger partial charge in [0.1, 0.15) is 11.1 Å². The first-order valence-electron chi connectivity index (χ1n) is 11.4. The standard InChI is InChI=1S/C24H27FN4O6S/c1-36(33,34)22(23(30)27-32)6-7-29-15-26-21-13-18(20(25)12-19(21)24(29)31)17-4-2-16(3-5-17)14-28-8-10-35-11-9-28/h2-5,12-13,15,22,32H,6-11,14H2,1H3,(H,27,30)/t22-/m1/s1. The Kier molecular flexibility index (Phi) is 7.79. The molecule has 2 aromatic carbocycles. The molecule has 0 aliphatic carbocycles. The third-order valence-electron chi connectivity index (χ3n) is 6.24. The highest BCUT2D eigenvalue weighted by atomic mass is 32.2. The molecule has 0 bridgehead atoms. The smallest absolute Gasteiger partial charge is 0.261 e. The summed E-state index contributed by atoms with van der Waals surface area (Å²) in [7, 11) is -3.83. The van der Waals surface area contributed by atoms with Crippen molar-refractivity contribution in [2.45, 2.75) is 24.8 Å². The van der Waals surface area contributed by atoms with Gasteiger partial charge in [-0.2, -0.15) is 0 Å². The van der Waals surface area contributed by atoms with Crippen LogP contribution in [0.5, 0.6) is 0 Å². The Hall–Kier alpha value is -3.19. The van der Waals surface area contributed by atoms with E-state index in [-0.39, 0.29) is 23.9 Å². The van der Waals surface area contributed by atoms with Crippen LogP contribution in [0.3, 0.4) is 0 Å². The lowest BCUT2D eigenvalue weighted by Crippen LogP contribution is -2.39. The van der Waals surface area contributed by atoms with Crippen molar-refractivity contribution in [3.05, 3.63) is 64.5 Å². The zero-order valence-electron chi connectivity index (χ0n) is 19.7. The Morgan fingerprint density at radius 1 is 1.22 bits per heavy atom. The molecule has 2 N–H and O–H groups in total. The number of carbonyl (C=O) groups is 1. The molecule has 0 saturated carbocycles. The second kappa shape index (κ2) is 10.8. The number of aryl methyl sites for hydroxylation is 1. The van der Waals surface area contributed by atoms with E-state index in [1.54, 1.807) is 0 Å². The predicted octanol–water partition coefficient (Wildman–Crippen LogP) is 1.34. The van der Waals surface area contributed by atoms with Gasteiger partial charge in [-0.3, -0.25) is 24.3 Å². The summed E-state index contributed by atoms with van der Waals surface area (Å²) in [6, 6.07) is 10.2. The summed E-state index contributed by atoms with van der Waals surface area (Å²) < 4.78 is 45.2. The quantitative estimate of drug-likeness (QED) is 0.338. The zero-order valence-corrected chi connectivity index (χ0v) is 20.5. The molecule has 192 valence electrons. The molecule has 36 heavy (non-hydrogen) atoms. The van der Waals surface area contributed by atoms with Gasteiger partial charge in [0.25, 0.3) is 11.5 Å². The van der Waals surface area contributed by atoms with E-state index in [0.29, 0.717) is 24.3 Å². The number of aromatic nitrogens is 2. The van der Waals surface area contributed by atoms with Crippen LogP contribution >= 0.6 is 0 Å².